The van der Waals surface area contributed by atoms with E-state index in [2.05, 4.69) is 10.6 Å². The van der Waals surface area contributed by atoms with E-state index < -0.39 is 70.9 Å². The molecular formula is C22H26F6N2O6S. The van der Waals surface area contributed by atoms with Crippen molar-refractivity contribution in [3.8, 4) is 0 Å². The van der Waals surface area contributed by atoms with Gasteiger partial charge in [-0.15, -0.1) is 0 Å². The predicted octanol–water partition coefficient (Wildman–Crippen LogP) is 3.77. The zero-order chi connectivity index (χ0) is 27.7. The average molecular weight is 561 g/mol. The molecule has 3 saturated heterocycles. The van der Waals surface area contributed by atoms with Crippen LogP contribution >= 0.6 is 12.2 Å². The van der Waals surface area contributed by atoms with Crippen molar-refractivity contribution in [3.05, 3.63) is 29.3 Å². The third-order valence-corrected chi connectivity index (χ3v) is 6.43. The first-order chi connectivity index (χ1) is 16.8. The molecule has 3 aliphatic heterocycles. The van der Waals surface area contributed by atoms with Gasteiger partial charge in [0.25, 0.3) is 0 Å². The first-order valence-electron chi connectivity index (χ1n) is 11.2. The predicted molar refractivity (Wildman–Crippen MR) is 119 cm³/mol. The fraction of sp³-hybridized carbons (Fsp3) is 0.682. The van der Waals surface area contributed by atoms with Crippen molar-refractivity contribution in [2.45, 2.75) is 75.2 Å². The quantitative estimate of drug-likeness (QED) is 0.378. The molecule has 0 bridgehead atoms. The summed E-state index contributed by atoms with van der Waals surface area (Å²) in [6.45, 7) is 5.86. The molecule has 0 radical (unpaired) electrons. The number of rotatable bonds is 3. The third kappa shape index (κ3) is 5.53. The Morgan fingerprint density at radius 2 is 1.57 bits per heavy atom. The molecule has 3 fully saturated rings. The maximum absolute atomic E-state index is 13.2. The lowest BCUT2D eigenvalue weighted by molar-refractivity contribution is -0.364. The molecule has 0 saturated carbocycles. The molecule has 1 spiro atoms. The summed E-state index contributed by atoms with van der Waals surface area (Å²) in [5, 5.41) is 16.5. The van der Waals surface area contributed by atoms with Gasteiger partial charge in [0, 0.05) is 5.69 Å². The highest BCUT2D eigenvalue weighted by Crippen LogP contribution is 2.49. The number of fused-ring (bicyclic) bond motifs is 1. The second-order valence-corrected chi connectivity index (χ2v) is 10.4. The van der Waals surface area contributed by atoms with Crippen LogP contribution in [0.3, 0.4) is 0 Å². The van der Waals surface area contributed by atoms with Crippen LogP contribution in [0, 0.1) is 0 Å². The van der Waals surface area contributed by atoms with Crippen molar-refractivity contribution in [3.63, 3.8) is 0 Å². The summed E-state index contributed by atoms with van der Waals surface area (Å²) in [5.41, 5.74) is -5.58. The van der Waals surface area contributed by atoms with E-state index in [1.807, 2.05) is 0 Å². The first kappa shape index (κ1) is 28.3. The molecule has 37 heavy (non-hydrogen) atoms. The third-order valence-electron chi connectivity index (χ3n) is 6.18. The Labute approximate surface area is 213 Å². The fourth-order valence-corrected chi connectivity index (χ4v) is 4.77. The summed E-state index contributed by atoms with van der Waals surface area (Å²) < 4.78 is 108. The van der Waals surface area contributed by atoms with Gasteiger partial charge in [-0.25, -0.2) is 0 Å². The zero-order valence-electron chi connectivity index (χ0n) is 20.2. The van der Waals surface area contributed by atoms with E-state index >= 15 is 0 Å². The average Bonchev–Trinajstić information content (AvgIpc) is 3.24. The van der Waals surface area contributed by atoms with E-state index in [-0.39, 0.29) is 24.4 Å². The van der Waals surface area contributed by atoms with Gasteiger partial charge in [0.2, 0.25) is 5.79 Å². The molecule has 208 valence electrons. The van der Waals surface area contributed by atoms with Gasteiger partial charge in [-0.05, 0) is 58.1 Å². The van der Waals surface area contributed by atoms with Crippen molar-refractivity contribution in [1.29, 1.82) is 0 Å². The summed E-state index contributed by atoms with van der Waals surface area (Å²) in [7, 11) is 0. The van der Waals surface area contributed by atoms with Gasteiger partial charge in [-0.2, -0.15) is 26.3 Å². The monoisotopic (exact) mass is 560 g/mol. The maximum Gasteiger partial charge on any atom is 0.416 e. The highest BCUT2D eigenvalue weighted by molar-refractivity contribution is 7.80. The number of nitrogens with one attached hydrogen (secondary N) is 2. The van der Waals surface area contributed by atoms with Crippen LogP contribution in [0.25, 0.3) is 0 Å². The van der Waals surface area contributed by atoms with Gasteiger partial charge in [0.15, 0.2) is 22.3 Å². The van der Waals surface area contributed by atoms with Crippen molar-refractivity contribution < 1.29 is 55.1 Å². The summed E-state index contributed by atoms with van der Waals surface area (Å²) in [4.78, 5) is 0. The Kier molecular flexibility index (Phi) is 6.79. The number of ether oxygens (including phenoxy) is 5. The van der Waals surface area contributed by atoms with Gasteiger partial charge in [-0.3, -0.25) is 0 Å². The van der Waals surface area contributed by atoms with Crippen molar-refractivity contribution in [1.82, 2.24) is 5.32 Å². The minimum atomic E-state index is -5.03. The Balaban J connectivity index is 1.57. The van der Waals surface area contributed by atoms with E-state index in [9.17, 15) is 31.4 Å². The van der Waals surface area contributed by atoms with E-state index in [0.717, 1.165) is 0 Å². The lowest BCUT2D eigenvalue weighted by Gasteiger charge is -2.50. The summed E-state index contributed by atoms with van der Waals surface area (Å²) >= 11 is 5.12. The number of benzene rings is 1. The number of halogens is 6. The highest BCUT2D eigenvalue weighted by Gasteiger charge is 2.70. The van der Waals surface area contributed by atoms with Crippen LogP contribution in [0.2, 0.25) is 0 Å². The number of alkyl halides is 6. The lowest BCUT2D eigenvalue weighted by atomic mass is 9.82. The van der Waals surface area contributed by atoms with Crippen molar-refractivity contribution in [2.75, 3.05) is 25.1 Å². The number of hydrogen-bond donors (Lipinski definition) is 3. The smallest absolute Gasteiger partial charge is 0.380 e. The summed E-state index contributed by atoms with van der Waals surface area (Å²) in [5.74, 6) is -3.96. The maximum atomic E-state index is 13.2. The van der Waals surface area contributed by atoms with E-state index in [4.69, 9.17) is 35.9 Å². The van der Waals surface area contributed by atoms with Gasteiger partial charge < -0.3 is 39.4 Å². The minimum Gasteiger partial charge on any atom is -0.380 e. The van der Waals surface area contributed by atoms with Gasteiger partial charge in [0.1, 0.15) is 18.8 Å². The molecule has 8 nitrogen and oxygen atoms in total. The highest BCUT2D eigenvalue weighted by atomic mass is 32.1. The van der Waals surface area contributed by atoms with Crippen LogP contribution < -0.4 is 10.6 Å². The molecule has 15 heteroatoms. The fourth-order valence-electron chi connectivity index (χ4n) is 4.58. The molecule has 3 N–H and O–H groups in total. The van der Waals surface area contributed by atoms with Crippen LogP contribution in [0.4, 0.5) is 32.0 Å². The molecule has 3 aliphatic rings. The molecule has 0 aliphatic carbocycles. The van der Waals surface area contributed by atoms with Gasteiger partial charge >= 0.3 is 12.4 Å². The lowest BCUT2D eigenvalue weighted by Crippen LogP contribution is -2.74. The Hall–Kier alpha value is -1.75. The number of thiocarbonyl (C=S) groups is 1. The summed E-state index contributed by atoms with van der Waals surface area (Å²) in [6.07, 6.45) is -11.8. The molecule has 0 unspecified atom stereocenters. The van der Waals surface area contributed by atoms with E-state index in [0.29, 0.717) is 12.1 Å². The molecule has 0 amide bonds. The van der Waals surface area contributed by atoms with E-state index in [1.54, 1.807) is 27.7 Å². The molecular weight excluding hydrogens is 534 g/mol. The number of anilines is 1. The molecule has 4 rings (SSSR count). The van der Waals surface area contributed by atoms with E-state index in [1.165, 1.54) is 0 Å². The minimum absolute atomic E-state index is 0.00297. The Morgan fingerprint density at radius 1 is 0.973 bits per heavy atom. The Bertz CT molecular complexity index is 1030. The zero-order valence-corrected chi connectivity index (χ0v) is 21.0. The van der Waals surface area contributed by atoms with Gasteiger partial charge in [-0.1, -0.05) is 0 Å². The van der Waals surface area contributed by atoms with Crippen LogP contribution in [-0.4, -0.2) is 65.1 Å². The normalized spacial score (nSPS) is 32.8. The topological polar surface area (TPSA) is 90.4 Å². The summed E-state index contributed by atoms with van der Waals surface area (Å²) in [6, 6.07) is 0.990. The van der Waals surface area contributed by atoms with Crippen LogP contribution in [0.5, 0.6) is 0 Å². The second-order valence-electron chi connectivity index (χ2n) is 9.98. The van der Waals surface area contributed by atoms with Crippen molar-refractivity contribution in [2.24, 2.45) is 0 Å². The van der Waals surface area contributed by atoms with Crippen molar-refractivity contribution >= 4 is 23.0 Å². The number of hydrogen-bond acceptors (Lipinski definition) is 7. The molecule has 1 aromatic carbocycles. The number of aliphatic hydroxyl groups is 1. The largest absolute Gasteiger partial charge is 0.416 e. The second kappa shape index (κ2) is 8.89. The van der Waals surface area contributed by atoms with Crippen LogP contribution in [-0.2, 0) is 36.0 Å². The van der Waals surface area contributed by atoms with Gasteiger partial charge in [0.05, 0.1) is 24.3 Å². The SMILES string of the molecule is CC1(C)O[C@@H]2[C@@H](CO[C@]3(COC(C)(C)O3)[C@@]2(O)CNC(=S)Nc2cc(C(F)(F)F)cc(C(F)(F)F)c2)O1. The molecule has 3 heterocycles. The van der Waals surface area contributed by atoms with Crippen LogP contribution in [0.1, 0.15) is 38.8 Å². The molecule has 1 aromatic rings. The Morgan fingerprint density at radius 3 is 2.08 bits per heavy atom. The molecule has 0 aromatic heterocycles. The first-order valence-corrected chi connectivity index (χ1v) is 11.6. The van der Waals surface area contributed by atoms with Crippen LogP contribution in [0.15, 0.2) is 18.2 Å². The standard InChI is InChI=1S/C22H26F6N2O6S/c1-17(2)33-10-20(36-17)19(31,15-14(8-32-20)34-18(3,4)35-15)9-29-16(37)30-13-6-11(21(23,24)25)5-12(7-13)22(26,27)28/h5-7,14-15,31H,8-10H2,1-4H3,(H2,29,30,37)/t14-,15-,19-,20+/m1/s1. The molecule has 4 atom stereocenters.